The van der Waals surface area contributed by atoms with E-state index in [9.17, 15) is 9.59 Å². The van der Waals surface area contributed by atoms with E-state index < -0.39 is 6.04 Å². The molecule has 3 unspecified atom stereocenters. The minimum Gasteiger partial charge on any atom is -0.347 e. The number of amides is 2. The summed E-state index contributed by atoms with van der Waals surface area (Å²) in [7, 11) is 3.43. The zero-order valence-electron chi connectivity index (χ0n) is 12.5. The molecule has 5 nitrogen and oxygen atoms in total. The second kappa shape index (κ2) is 6.89. The number of nitrogens with two attached hydrogens (primary N) is 1. The van der Waals surface area contributed by atoms with Crippen LogP contribution in [-0.2, 0) is 9.59 Å². The SMILES string of the molecule is CC(C)CC(NC(=O)C1CCC(N)C1)C(=O)N(C)C. The number of carbonyl (C=O) groups excluding carboxylic acids is 2. The Labute approximate surface area is 115 Å². The van der Waals surface area contributed by atoms with Crippen molar-refractivity contribution >= 4 is 11.8 Å². The second-order valence-electron chi connectivity index (χ2n) is 6.19. The maximum absolute atomic E-state index is 12.2. The highest BCUT2D eigenvalue weighted by atomic mass is 16.2. The van der Waals surface area contributed by atoms with E-state index in [1.807, 2.05) is 13.8 Å². The number of nitrogens with one attached hydrogen (secondary N) is 1. The molecule has 1 saturated carbocycles. The first-order chi connectivity index (χ1) is 8.81. The van der Waals surface area contributed by atoms with Crippen molar-refractivity contribution in [3.63, 3.8) is 0 Å². The second-order valence-corrected chi connectivity index (χ2v) is 6.19. The van der Waals surface area contributed by atoms with Gasteiger partial charge in [-0.1, -0.05) is 13.8 Å². The van der Waals surface area contributed by atoms with Gasteiger partial charge in [-0.15, -0.1) is 0 Å². The van der Waals surface area contributed by atoms with E-state index in [4.69, 9.17) is 5.73 Å². The fraction of sp³-hybridized carbons (Fsp3) is 0.857. The Morgan fingerprint density at radius 3 is 2.37 bits per heavy atom. The third-order valence-electron chi connectivity index (χ3n) is 3.61. The lowest BCUT2D eigenvalue weighted by atomic mass is 10.0. The van der Waals surface area contributed by atoms with Crippen molar-refractivity contribution in [3.8, 4) is 0 Å². The third kappa shape index (κ3) is 4.82. The zero-order valence-corrected chi connectivity index (χ0v) is 12.5. The molecule has 2 amide bonds. The normalized spacial score (nSPS) is 24.3. The fourth-order valence-corrected chi connectivity index (χ4v) is 2.55. The summed E-state index contributed by atoms with van der Waals surface area (Å²) in [6, 6.07) is -0.289. The Morgan fingerprint density at radius 1 is 1.32 bits per heavy atom. The summed E-state index contributed by atoms with van der Waals surface area (Å²) in [6.45, 7) is 4.10. The van der Waals surface area contributed by atoms with Crippen LogP contribution in [0.1, 0.15) is 39.5 Å². The van der Waals surface area contributed by atoms with Crippen LogP contribution in [0.3, 0.4) is 0 Å². The highest BCUT2D eigenvalue weighted by molar-refractivity contribution is 5.88. The Bertz CT molecular complexity index is 329. The van der Waals surface area contributed by atoms with Crippen molar-refractivity contribution in [1.82, 2.24) is 10.2 Å². The zero-order chi connectivity index (χ0) is 14.6. The van der Waals surface area contributed by atoms with E-state index in [0.717, 1.165) is 19.3 Å². The van der Waals surface area contributed by atoms with Gasteiger partial charge in [0.2, 0.25) is 11.8 Å². The van der Waals surface area contributed by atoms with Crippen LogP contribution in [0.25, 0.3) is 0 Å². The van der Waals surface area contributed by atoms with Crippen molar-refractivity contribution in [3.05, 3.63) is 0 Å². The molecule has 0 aromatic carbocycles. The maximum atomic E-state index is 12.2. The van der Waals surface area contributed by atoms with Gasteiger partial charge in [0.25, 0.3) is 0 Å². The highest BCUT2D eigenvalue weighted by Gasteiger charge is 2.31. The van der Waals surface area contributed by atoms with Crippen molar-refractivity contribution in [2.45, 2.75) is 51.6 Å². The molecule has 3 atom stereocenters. The van der Waals surface area contributed by atoms with E-state index in [2.05, 4.69) is 5.32 Å². The molecule has 0 aliphatic heterocycles. The minimum atomic E-state index is -0.417. The highest BCUT2D eigenvalue weighted by Crippen LogP contribution is 2.24. The molecule has 1 aliphatic rings. The molecule has 0 saturated heterocycles. The molecule has 5 heteroatoms. The number of hydrogen-bond acceptors (Lipinski definition) is 3. The average molecular weight is 269 g/mol. The summed E-state index contributed by atoms with van der Waals surface area (Å²) in [6.07, 6.45) is 3.13. The molecule has 1 fully saturated rings. The van der Waals surface area contributed by atoms with Gasteiger partial charge in [-0.05, 0) is 31.6 Å². The van der Waals surface area contributed by atoms with Gasteiger partial charge in [-0.2, -0.15) is 0 Å². The first-order valence-corrected chi connectivity index (χ1v) is 7.08. The lowest BCUT2D eigenvalue weighted by Gasteiger charge is -2.24. The molecule has 0 radical (unpaired) electrons. The number of carbonyl (C=O) groups is 2. The van der Waals surface area contributed by atoms with Crippen LogP contribution < -0.4 is 11.1 Å². The van der Waals surface area contributed by atoms with E-state index in [-0.39, 0.29) is 23.8 Å². The van der Waals surface area contributed by atoms with Crippen molar-refractivity contribution in [2.24, 2.45) is 17.6 Å². The van der Waals surface area contributed by atoms with Gasteiger partial charge in [0.1, 0.15) is 6.04 Å². The van der Waals surface area contributed by atoms with E-state index in [0.29, 0.717) is 12.3 Å². The van der Waals surface area contributed by atoms with Crippen LogP contribution in [0.15, 0.2) is 0 Å². The Hall–Kier alpha value is -1.10. The molecule has 19 heavy (non-hydrogen) atoms. The monoisotopic (exact) mass is 269 g/mol. The van der Waals surface area contributed by atoms with Crippen LogP contribution >= 0.6 is 0 Å². The summed E-state index contributed by atoms with van der Waals surface area (Å²) in [5.41, 5.74) is 5.83. The fourth-order valence-electron chi connectivity index (χ4n) is 2.55. The smallest absolute Gasteiger partial charge is 0.244 e. The van der Waals surface area contributed by atoms with E-state index >= 15 is 0 Å². The van der Waals surface area contributed by atoms with Crippen LogP contribution in [0.2, 0.25) is 0 Å². The Kier molecular flexibility index (Phi) is 5.79. The van der Waals surface area contributed by atoms with E-state index in [1.165, 1.54) is 4.90 Å². The predicted molar refractivity (Wildman–Crippen MR) is 75.4 cm³/mol. The summed E-state index contributed by atoms with van der Waals surface area (Å²) in [5, 5.41) is 2.91. The van der Waals surface area contributed by atoms with Gasteiger partial charge < -0.3 is 16.0 Å². The quantitative estimate of drug-likeness (QED) is 0.772. The summed E-state index contributed by atoms with van der Waals surface area (Å²) < 4.78 is 0. The maximum Gasteiger partial charge on any atom is 0.244 e. The van der Waals surface area contributed by atoms with Gasteiger partial charge in [-0.3, -0.25) is 9.59 Å². The van der Waals surface area contributed by atoms with Crippen LogP contribution in [0.5, 0.6) is 0 Å². The molecule has 0 aromatic rings. The van der Waals surface area contributed by atoms with Gasteiger partial charge in [-0.25, -0.2) is 0 Å². The van der Waals surface area contributed by atoms with Gasteiger partial charge in [0.05, 0.1) is 0 Å². The molecule has 3 N–H and O–H groups in total. The molecule has 1 aliphatic carbocycles. The van der Waals surface area contributed by atoms with Crippen LogP contribution in [-0.4, -0.2) is 42.9 Å². The molecule has 0 bridgehead atoms. The molecule has 0 aromatic heterocycles. The minimum absolute atomic E-state index is 0.0196. The lowest BCUT2D eigenvalue weighted by Crippen LogP contribution is -2.48. The van der Waals surface area contributed by atoms with Crippen LogP contribution in [0.4, 0.5) is 0 Å². The predicted octanol–water partition coefficient (Wildman–Crippen LogP) is 0.733. The molecule has 0 spiro atoms. The van der Waals surface area contributed by atoms with Crippen LogP contribution in [0, 0.1) is 11.8 Å². The standard InChI is InChI=1S/C14H27N3O2/c1-9(2)7-12(14(19)17(3)4)16-13(18)10-5-6-11(15)8-10/h9-12H,5-8,15H2,1-4H3,(H,16,18). The molecular weight excluding hydrogens is 242 g/mol. The van der Waals surface area contributed by atoms with Gasteiger partial charge in [0.15, 0.2) is 0 Å². The Balaban J connectivity index is 2.61. The number of rotatable bonds is 5. The summed E-state index contributed by atoms with van der Waals surface area (Å²) >= 11 is 0. The average Bonchev–Trinajstić information content (AvgIpc) is 2.73. The number of nitrogens with zero attached hydrogens (tertiary/aromatic N) is 1. The van der Waals surface area contributed by atoms with Gasteiger partial charge >= 0.3 is 0 Å². The molecule has 0 heterocycles. The topological polar surface area (TPSA) is 75.4 Å². The Morgan fingerprint density at radius 2 is 1.95 bits per heavy atom. The van der Waals surface area contributed by atoms with E-state index in [1.54, 1.807) is 14.1 Å². The summed E-state index contributed by atoms with van der Waals surface area (Å²) in [5.74, 6) is 0.276. The lowest BCUT2D eigenvalue weighted by molar-refractivity contribution is -0.136. The van der Waals surface area contributed by atoms with Crippen molar-refractivity contribution in [1.29, 1.82) is 0 Å². The molecule has 1 rings (SSSR count). The van der Waals surface area contributed by atoms with Crippen molar-refractivity contribution < 1.29 is 9.59 Å². The largest absolute Gasteiger partial charge is 0.347 e. The first kappa shape index (κ1) is 16.0. The van der Waals surface area contributed by atoms with Crippen molar-refractivity contribution in [2.75, 3.05) is 14.1 Å². The first-order valence-electron chi connectivity index (χ1n) is 7.08. The molecule has 110 valence electrons. The van der Waals surface area contributed by atoms with Gasteiger partial charge in [0, 0.05) is 26.1 Å². The number of likely N-dealkylation sites (N-methyl/N-ethyl adjacent to an activating group) is 1. The molecular formula is C14H27N3O2. The summed E-state index contributed by atoms with van der Waals surface area (Å²) in [4.78, 5) is 25.8. The third-order valence-corrected chi connectivity index (χ3v) is 3.61. The number of hydrogen-bond donors (Lipinski definition) is 2.